The molecule has 1 aromatic carbocycles. The largest absolute Gasteiger partial charge is 0.480 e. The minimum atomic E-state index is -0.963. The van der Waals surface area contributed by atoms with Gasteiger partial charge in [-0.05, 0) is 37.1 Å². The molecule has 1 aliphatic rings. The third-order valence-electron chi connectivity index (χ3n) is 3.49. The van der Waals surface area contributed by atoms with Gasteiger partial charge in [0.05, 0.1) is 0 Å². The van der Waals surface area contributed by atoms with Crippen LogP contribution in [0.4, 0.5) is 0 Å². The van der Waals surface area contributed by atoms with Gasteiger partial charge >= 0.3 is 5.97 Å². The Hall–Kier alpha value is -1.82. The zero-order valence-corrected chi connectivity index (χ0v) is 12.1. The molecule has 1 aliphatic heterocycles. The number of carbonyl (C=O) groups is 2. The topological polar surface area (TPSA) is 70.8 Å². The minimum Gasteiger partial charge on any atom is -0.480 e. The van der Waals surface area contributed by atoms with Crippen LogP contribution in [0.5, 0.6) is 0 Å². The molecule has 0 saturated carbocycles. The van der Waals surface area contributed by atoms with Crippen molar-refractivity contribution < 1.29 is 19.1 Å². The van der Waals surface area contributed by atoms with Gasteiger partial charge < -0.3 is 14.4 Å². The molecule has 5 nitrogen and oxygen atoms in total. The summed E-state index contributed by atoms with van der Waals surface area (Å²) in [6, 6.07) is 6.36. The van der Waals surface area contributed by atoms with E-state index in [2.05, 4.69) is 15.9 Å². The van der Waals surface area contributed by atoms with E-state index in [9.17, 15) is 9.59 Å². The lowest BCUT2D eigenvalue weighted by Crippen LogP contribution is -2.40. The number of carbonyl (C=O) groups excluding carboxylic acids is 1. The summed E-state index contributed by atoms with van der Waals surface area (Å²) in [4.78, 5) is 24.9. The van der Waals surface area contributed by atoms with Crippen molar-refractivity contribution >= 4 is 38.8 Å². The van der Waals surface area contributed by atoms with Crippen LogP contribution in [0.15, 0.2) is 33.2 Å². The average molecular weight is 338 g/mol. The predicted molar refractivity (Wildman–Crippen MR) is 75.6 cm³/mol. The predicted octanol–water partition coefficient (Wildman–Crippen LogP) is 2.88. The molecule has 2 heterocycles. The van der Waals surface area contributed by atoms with Crippen molar-refractivity contribution in [3.8, 4) is 0 Å². The summed E-state index contributed by atoms with van der Waals surface area (Å²) in [6.07, 6.45) is 1.20. The lowest BCUT2D eigenvalue weighted by molar-refractivity contribution is -0.141. The highest BCUT2D eigenvalue weighted by molar-refractivity contribution is 9.10. The fourth-order valence-electron chi connectivity index (χ4n) is 2.53. The lowest BCUT2D eigenvalue weighted by Gasteiger charge is -2.19. The van der Waals surface area contributed by atoms with Crippen LogP contribution in [0.3, 0.4) is 0 Å². The summed E-state index contributed by atoms with van der Waals surface area (Å²) in [5.41, 5.74) is 0.614. The van der Waals surface area contributed by atoms with E-state index < -0.39 is 12.0 Å². The smallest absolute Gasteiger partial charge is 0.326 e. The van der Waals surface area contributed by atoms with E-state index in [4.69, 9.17) is 9.52 Å². The first-order chi connectivity index (χ1) is 9.56. The van der Waals surface area contributed by atoms with Gasteiger partial charge in [-0.15, -0.1) is 0 Å². The molecule has 0 unspecified atom stereocenters. The first-order valence-electron chi connectivity index (χ1n) is 6.29. The van der Waals surface area contributed by atoms with Crippen LogP contribution < -0.4 is 0 Å². The Morgan fingerprint density at radius 2 is 2.15 bits per heavy atom. The number of likely N-dealkylation sites (tertiary alicyclic amines) is 1. The van der Waals surface area contributed by atoms with Crippen molar-refractivity contribution in [2.75, 3.05) is 6.54 Å². The molecule has 2 aromatic rings. The Kier molecular flexibility index (Phi) is 3.25. The van der Waals surface area contributed by atoms with Crippen molar-refractivity contribution in [3.63, 3.8) is 0 Å². The summed E-state index contributed by atoms with van der Waals surface area (Å²) in [5.74, 6) is -1.14. The molecule has 3 rings (SSSR count). The monoisotopic (exact) mass is 337 g/mol. The number of hydrogen-bond donors (Lipinski definition) is 1. The molecule has 0 spiro atoms. The number of furan rings is 1. The average Bonchev–Trinajstić information content (AvgIpc) is 3.03. The highest BCUT2D eigenvalue weighted by Gasteiger charge is 2.35. The molecule has 1 atom stereocenters. The number of rotatable bonds is 2. The van der Waals surface area contributed by atoms with E-state index in [-0.39, 0.29) is 11.7 Å². The maximum atomic E-state index is 12.4. The fourth-order valence-corrected chi connectivity index (χ4v) is 2.91. The number of benzene rings is 1. The van der Waals surface area contributed by atoms with E-state index in [1.54, 1.807) is 12.1 Å². The van der Waals surface area contributed by atoms with Gasteiger partial charge in [0.2, 0.25) is 0 Å². The zero-order valence-electron chi connectivity index (χ0n) is 10.5. The van der Waals surface area contributed by atoms with E-state index in [0.717, 1.165) is 9.86 Å². The summed E-state index contributed by atoms with van der Waals surface area (Å²) in [6.45, 7) is 0.455. The Morgan fingerprint density at radius 1 is 1.35 bits per heavy atom. The van der Waals surface area contributed by atoms with E-state index in [1.165, 1.54) is 4.90 Å². The van der Waals surface area contributed by atoms with Crippen molar-refractivity contribution in [3.05, 3.63) is 34.5 Å². The van der Waals surface area contributed by atoms with Crippen LogP contribution in [0.1, 0.15) is 23.4 Å². The Morgan fingerprint density at radius 3 is 2.90 bits per heavy atom. The number of halogens is 1. The first kappa shape index (κ1) is 13.2. The molecule has 0 radical (unpaired) electrons. The lowest BCUT2D eigenvalue weighted by atomic mass is 10.2. The molecule has 1 fully saturated rings. The van der Waals surface area contributed by atoms with Crippen LogP contribution in [-0.4, -0.2) is 34.5 Å². The third kappa shape index (κ3) is 2.20. The third-order valence-corrected chi connectivity index (χ3v) is 3.98. The SMILES string of the molecule is O=C(O)[C@@H]1CCCN1C(=O)c1cc2cc(Br)ccc2o1. The van der Waals surface area contributed by atoms with E-state index >= 15 is 0 Å². The van der Waals surface area contributed by atoms with Crippen LogP contribution in [0, 0.1) is 0 Å². The van der Waals surface area contributed by atoms with Crippen LogP contribution in [0.25, 0.3) is 11.0 Å². The number of nitrogens with zero attached hydrogens (tertiary/aromatic N) is 1. The maximum absolute atomic E-state index is 12.4. The van der Waals surface area contributed by atoms with Crippen LogP contribution in [0.2, 0.25) is 0 Å². The Bertz CT molecular complexity index is 694. The molecule has 1 aromatic heterocycles. The van der Waals surface area contributed by atoms with Gasteiger partial charge in [-0.1, -0.05) is 15.9 Å². The molecule has 1 saturated heterocycles. The summed E-state index contributed by atoms with van der Waals surface area (Å²) >= 11 is 3.36. The second-order valence-electron chi connectivity index (χ2n) is 4.79. The molecule has 0 bridgehead atoms. The first-order valence-corrected chi connectivity index (χ1v) is 7.08. The molecule has 20 heavy (non-hydrogen) atoms. The van der Waals surface area contributed by atoms with Gasteiger partial charge in [0.1, 0.15) is 11.6 Å². The van der Waals surface area contributed by atoms with Crippen molar-refractivity contribution in [2.45, 2.75) is 18.9 Å². The summed E-state index contributed by atoms with van der Waals surface area (Å²) < 4.78 is 6.42. The number of amides is 1. The van der Waals surface area contributed by atoms with Gasteiger partial charge in [-0.25, -0.2) is 4.79 Å². The summed E-state index contributed by atoms with van der Waals surface area (Å²) in [5, 5.41) is 9.94. The maximum Gasteiger partial charge on any atom is 0.326 e. The number of fused-ring (bicyclic) bond motifs is 1. The van der Waals surface area contributed by atoms with E-state index in [0.29, 0.717) is 25.0 Å². The quantitative estimate of drug-likeness (QED) is 0.914. The van der Waals surface area contributed by atoms with Crippen molar-refractivity contribution in [1.29, 1.82) is 0 Å². The van der Waals surface area contributed by atoms with Crippen LogP contribution >= 0.6 is 15.9 Å². The minimum absolute atomic E-state index is 0.186. The van der Waals surface area contributed by atoms with Gasteiger partial charge in [-0.3, -0.25) is 4.79 Å². The summed E-state index contributed by atoms with van der Waals surface area (Å²) in [7, 11) is 0. The van der Waals surface area contributed by atoms with Gasteiger partial charge in [-0.2, -0.15) is 0 Å². The van der Waals surface area contributed by atoms with E-state index in [1.807, 2.05) is 12.1 Å². The molecular weight excluding hydrogens is 326 g/mol. The number of hydrogen-bond acceptors (Lipinski definition) is 3. The van der Waals surface area contributed by atoms with Gasteiger partial charge in [0.25, 0.3) is 5.91 Å². The van der Waals surface area contributed by atoms with Crippen molar-refractivity contribution in [2.24, 2.45) is 0 Å². The van der Waals surface area contributed by atoms with Gasteiger partial charge in [0, 0.05) is 16.4 Å². The van der Waals surface area contributed by atoms with Gasteiger partial charge in [0.15, 0.2) is 5.76 Å². The molecule has 1 N–H and O–H groups in total. The Labute approximate surface area is 123 Å². The standard InChI is InChI=1S/C14H12BrNO4/c15-9-3-4-11-8(6-9)7-12(20-11)13(17)16-5-1-2-10(16)14(18)19/h3-4,6-7,10H,1-2,5H2,(H,18,19)/t10-/m0/s1. The fraction of sp³-hybridized carbons (Fsp3) is 0.286. The zero-order chi connectivity index (χ0) is 14.3. The van der Waals surface area contributed by atoms with Crippen LogP contribution in [-0.2, 0) is 4.79 Å². The highest BCUT2D eigenvalue weighted by Crippen LogP contribution is 2.26. The van der Waals surface area contributed by atoms with Crippen molar-refractivity contribution in [1.82, 2.24) is 4.90 Å². The number of carboxylic acids is 1. The normalized spacial score (nSPS) is 18.6. The molecule has 6 heteroatoms. The second-order valence-corrected chi connectivity index (χ2v) is 5.70. The second kappa shape index (κ2) is 4.94. The molecule has 1 amide bonds. The number of aliphatic carboxylic acids is 1. The molecule has 104 valence electrons. The number of carboxylic acid groups (broad SMARTS) is 1. The Balaban J connectivity index is 1.94. The molecular formula is C14H12BrNO4. The highest BCUT2D eigenvalue weighted by atomic mass is 79.9. The molecule has 0 aliphatic carbocycles.